The zero-order valence-electron chi connectivity index (χ0n) is 11.2. The van der Waals surface area contributed by atoms with Gasteiger partial charge in [-0.3, -0.25) is 9.59 Å². The molecule has 1 aromatic carbocycles. The summed E-state index contributed by atoms with van der Waals surface area (Å²) in [5.74, 6) is -1.06. The third kappa shape index (κ3) is 3.00. The van der Waals surface area contributed by atoms with E-state index in [4.69, 9.17) is 21.1 Å². The smallest absolute Gasteiger partial charge is 0.299 e. The summed E-state index contributed by atoms with van der Waals surface area (Å²) in [6.45, 7) is 2.01. The maximum Gasteiger partial charge on any atom is 0.299 e. The molecule has 5 nitrogen and oxygen atoms in total. The fourth-order valence-electron chi connectivity index (χ4n) is 2.09. The number of hydrogen-bond acceptors (Lipinski definition) is 4. The Hall–Kier alpha value is -1.43. The Balaban J connectivity index is 1.95. The van der Waals surface area contributed by atoms with Crippen molar-refractivity contribution in [2.75, 3.05) is 38.4 Å². The van der Waals surface area contributed by atoms with Crippen molar-refractivity contribution in [3.8, 4) is 0 Å². The molecular formula is C14H16ClNO4. The second kappa shape index (κ2) is 6.83. The summed E-state index contributed by atoms with van der Waals surface area (Å²) in [5.41, 5.74) is 0.892. The SMILES string of the molecule is COCCOCCCN1C(=O)C(=O)c2c(Cl)cccc21. The number of hydrogen-bond donors (Lipinski definition) is 0. The van der Waals surface area contributed by atoms with Gasteiger partial charge in [0.1, 0.15) is 0 Å². The van der Waals surface area contributed by atoms with Gasteiger partial charge in [-0.1, -0.05) is 17.7 Å². The quantitative estimate of drug-likeness (QED) is 0.570. The van der Waals surface area contributed by atoms with Crippen molar-refractivity contribution in [1.29, 1.82) is 0 Å². The van der Waals surface area contributed by atoms with Crippen LogP contribution in [0.3, 0.4) is 0 Å². The third-order valence-corrected chi connectivity index (χ3v) is 3.37. The normalized spacial score (nSPS) is 14.0. The Kier molecular flexibility index (Phi) is 5.11. The molecule has 0 N–H and O–H groups in total. The number of ether oxygens (including phenoxy) is 2. The topological polar surface area (TPSA) is 55.8 Å². The molecule has 1 amide bonds. The van der Waals surface area contributed by atoms with E-state index in [0.29, 0.717) is 49.1 Å². The first-order valence-corrected chi connectivity index (χ1v) is 6.76. The number of benzene rings is 1. The monoisotopic (exact) mass is 297 g/mol. The average molecular weight is 298 g/mol. The highest BCUT2D eigenvalue weighted by Gasteiger charge is 2.36. The second-order valence-electron chi connectivity index (χ2n) is 4.38. The van der Waals surface area contributed by atoms with Gasteiger partial charge >= 0.3 is 0 Å². The molecule has 1 aromatic rings. The molecule has 0 radical (unpaired) electrons. The van der Waals surface area contributed by atoms with E-state index in [1.54, 1.807) is 25.3 Å². The molecule has 20 heavy (non-hydrogen) atoms. The molecule has 0 spiro atoms. The summed E-state index contributed by atoms with van der Waals surface area (Å²) in [7, 11) is 1.61. The van der Waals surface area contributed by atoms with Crippen LogP contribution in [-0.2, 0) is 14.3 Å². The lowest BCUT2D eigenvalue weighted by molar-refractivity contribution is -0.114. The first-order chi connectivity index (χ1) is 9.66. The maximum atomic E-state index is 11.9. The fraction of sp³-hybridized carbons (Fsp3) is 0.429. The van der Waals surface area contributed by atoms with Gasteiger partial charge in [0.15, 0.2) is 0 Å². The lowest BCUT2D eigenvalue weighted by Gasteiger charge is -2.16. The number of anilines is 1. The summed E-state index contributed by atoms with van der Waals surface area (Å²) in [6.07, 6.45) is 0.648. The highest BCUT2D eigenvalue weighted by atomic mass is 35.5. The number of halogens is 1. The molecular weight excluding hydrogens is 282 g/mol. The number of fused-ring (bicyclic) bond motifs is 1. The highest BCUT2D eigenvalue weighted by Crippen LogP contribution is 2.33. The molecule has 1 aliphatic heterocycles. The largest absolute Gasteiger partial charge is 0.382 e. The van der Waals surface area contributed by atoms with Crippen molar-refractivity contribution in [2.45, 2.75) is 6.42 Å². The van der Waals surface area contributed by atoms with Gasteiger partial charge in [0.05, 0.1) is 29.5 Å². The lowest BCUT2D eigenvalue weighted by atomic mass is 10.1. The molecule has 0 unspecified atom stereocenters. The van der Waals surface area contributed by atoms with Crippen LogP contribution in [0.5, 0.6) is 0 Å². The Morgan fingerprint density at radius 1 is 1.20 bits per heavy atom. The molecule has 108 valence electrons. The molecule has 0 saturated carbocycles. The summed E-state index contributed by atoms with van der Waals surface area (Å²) in [4.78, 5) is 25.3. The maximum absolute atomic E-state index is 11.9. The standard InChI is InChI=1S/C14H16ClNO4/c1-19-8-9-20-7-3-6-16-11-5-2-4-10(15)12(11)13(17)14(16)18/h2,4-5H,3,6-9H2,1H3. The van der Waals surface area contributed by atoms with Crippen molar-refractivity contribution in [3.63, 3.8) is 0 Å². The van der Waals surface area contributed by atoms with Crippen LogP contribution in [0.1, 0.15) is 16.8 Å². The van der Waals surface area contributed by atoms with Gasteiger partial charge in [-0.25, -0.2) is 0 Å². The van der Waals surface area contributed by atoms with Gasteiger partial charge in [-0.05, 0) is 18.6 Å². The average Bonchev–Trinajstić information content (AvgIpc) is 2.68. The van der Waals surface area contributed by atoms with E-state index in [0.717, 1.165) is 0 Å². The predicted octanol–water partition coefficient (Wildman–Crippen LogP) is 1.92. The Morgan fingerprint density at radius 3 is 2.75 bits per heavy atom. The Labute approximate surface area is 122 Å². The molecule has 0 fully saturated rings. The minimum Gasteiger partial charge on any atom is -0.382 e. The number of rotatable bonds is 7. The molecule has 0 bridgehead atoms. The number of Topliss-reactive ketones (excluding diaryl/α,β-unsaturated/α-hetero) is 1. The second-order valence-corrected chi connectivity index (χ2v) is 4.79. The van der Waals surface area contributed by atoms with Crippen molar-refractivity contribution in [1.82, 2.24) is 0 Å². The van der Waals surface area contributed by atoms with E-state index in [1.165, 1.54) is 4.90 Å². The van der Waals surface area contributed by atoms with Crippen molar-refractivity contribution in [3.05, 3.63) is 28.8 Å². The highest BCUT2D eigenvalue weighted by molar-refractivity contribution is 6.55. The summed E-state index contributed by atoms with van der Waals surface area (Å²) in [5, 5.41) is 0.319. The first kappa shape index (κ1) is 15.0. The molecule has 0 saturated heterocycles. The molecule has 2 rings (SSSR count). The van der Waals surface area contributed by atoms with Crippen LogP contribution in [0.4, 0.5) is 5.69 Å². The van der Waals surface area contributed by atoms with E-state index in [-0.39, 0.29) is 0 Å². The van der Waals surface area contributed by atoms with E-state index in [1.807, 2.05) is 0 Å². The molecule has 6 heteroatoms. The number of carbonyl (C=O) groups is 2. The van der Waals surface area contributed by atoms with Crippen molar-refractivity contribution < 1.29 is 19.1 Å². The molecule has 1 heterocycles. The van der Waals surface area contributed by atoms with Crippen molar-refractivity contribution in [2.24, 2.45) is 0 Å². The van der Waals surface area contributed by atoms with Crippen LogP contribution in [-0.4, -0.2) is 45.2 Å². The first-order valence-electron chi connectivity index (χ1n) is 6.38. The zero-order chi connectivity index (χ0) is 14.5. The van der Waals surface area contributed by atoms with Crippen LogP contribution < -0.4 is 4.90 Å². The van der Waals surface area contributed by atoms with Gasteiger partial charge in [-0.2, -0.15) is 0 Å². The molecule has 0 aromatic heterocycles. The number of carbonyl (C=O) groups excluding carboxylic acids is 2. The van der Waals surface area contributed by atoms with Crippen molar-refractivity contribution >= 4 is 29.0 Å². The summed E-state index contributed by atoms with van der Waals surface area (Å²) in [6, 6.07) is 5.08. The lowest BCUT2D eigenvalue weighted by Crippen LogP contribution is -2.31. The number of methoxy groups -OCH3 is 1. The minimum atomic E-state index is -0.536. The zero-order valence-corrected chi connectivity index (χ0v) is 12.0. The van der Waals surface area contributed by atoms with Crippen LogP contribution >= 0.6 is 11.6 Å². The van der Waals surface area contributed by atoms with E-state index >= 15 is 0 Å². The predicted molar refractivity (Wildman–Crippen MR) is 75.4 cm³/mol. The summed E-state index contributed by atoms with van der Waals surface area (Å²) >= 11 is 5.98. The molecule has 1 aliphatic rings. The molecule has 0 atom stereocenters. The van der Waals surface area contributed by atoms with E-state index in [9.17, 15) is 9.59 Å². The number of amides is 1. The van der Waals surface area contributed by atoms with E-state index in [2.05, 4.69) is 0 Å². The van der Waals surface area contributed by atoms with Crippen LogP contribution in [0, 0.1) is 0 Å². The van der Waals surface area contributed by atoms with Crippen LogP contribution in [0.2, 0.25) is 5.02 Å². The van der Waals surface area contributed by atoms with E-state index < -0.39 is 11.7 Å². The molecule has 0 aliphatic carbocycles. The summed E-state index contributed by atoms with van der Waals surface area (Å²) < 4.78 is 10.2. The van der Waals surface area contributed by atoms with Gasteiger partial charge in [0.2, 0.25) is 0 Å². The van der Waals surface area contributed by atoms with Crippen LogP contribution in [0.15, 0.2) is 18.2 Å². The van der Waals surface area contributed by atoms with Gasteiger partial charge in [0.25, 0.3) is 11.7 Å². The Bertz CT molecular complexity index is 518. The minimum absolute atomic E-state index is 0.305. The third-order valence-electron chi connectivity index (χ3n) is 3.05. The van der Waals surface area contributed by atoms with Gasteiger partial charge < -0.3 is 14.4 Å². The van der Waals surface area contributed by atoms with Gasteiger partial charge in [-0.15, -0.1) is 0 Å². The Morgan fingerprint density at radius 2 is 2.00 bits per heavy atom. The van der Waals surface area contributed by atoms with Crippen LogP contribution in [0.25, 0.3) is 0 Å². The number of nitrogens with zero attached hydrogens (tertiary/aromatic N) is 1. The number of ketones is 1. The van der Waals surface area contributed by atoms with Gasteiger partial charge in [0, 0.05) is 20.3 Å². The fourth-order valence-corrected chi connectivity index (χ4v) is 2.35.